The standard InChI is InChI=1S/C18H18F2N2O2S/c1-12(21-17(24)13-7-3-2-4-8-13)11-16(23)22-14-9-5-6-10-15(14)25-18(19)20/h2-10,12,18H,11H2,1H3,(H,21,24)(H,22,23). The Kier molecular flexibility index (Phi) is 6.94. The molecule has 132 valence electrons. The van der Waals surface area contributed by atoms with Crippen molar-refractivity contribution in [1.29, 1.82) is 0 Å². The van der Waals surface area contributed by atoms with E-state index in [9.17, 15) is 18.4 Å². The molecule has 2 amide bonds. The summed E-state index contributed by atoms with van der Waals surface area (Å²) in [4.78, 5) is 24.5. The van der Waals surface area contributed by atoms with Crippen LogP contribution in [0.25, 0.3) is 0 Å². The van der Waals surface area contributed by atoms with Crippen LogP contribution in [-0.4, -0.2) is 23.6 Å². The van der Waals surface area contributed by atoms with Crippen molar-refractivity contribution in [3.63, 3.8) is 0 Å². The fraction of sp³-hybridized carbons (Fsp3) is 0.222. The molecule has 1 unspecified atom stereocenters. The van der Waals surface area contributed by atoms with E-state index in [1.54, 1.807) is 49.4 Å². The van der Waals surface area contributed by atoms with Crippen LogP contribution >= 0.6 is 11.8 Å². The average molecular weight is 364 g/mol. The van der Waals surface area contributed by atoms with Crippen LogP contribution in [0.3, 0.4) is 0 Å². The highest BCUT2D eigenvalue weighted by atomic mass is 32.2. The van der Waals surface area contributed by atoms with Gasteiger partial charge in [0.05, 0.1) is 5.69 Å². The van der Waals surface area contributed by atoms with Crippen LogP contribution in [0.1, 0.15) is 23.7 Å². The Labute approximate surface area is 149 Å². The number of alkyl halides is 2. The molecule has 2 rings (SSSR count). The number of carbonyl (C=O) groups excluding carboxylic acids is 2. The van der Waals surface area contributed by atoms with Gasteiger partial charge in [-0.2, -0.15) is 8.78 Å². The summed E-state index contributed by atoms with van der Waals surface area (Å²) in [5.74, 6) is -3.19. The third-order valence-electron chi connectivity index (χ3n) is 3.28. The number of rotatable bonds is 7. The van der Waals surface area contributed by atoms with Gasteiger partial charge in [-0.15, -0.1) is 0 Å². The molecule has 0 aromatic heterocycles. The molecule has 0 spiro atoms. The third-order valence-corrected chi connectivity index (χ3v) is 4.07. The predicted molar refractivity (Wildman–Crippen MR) is 94.9 cm³/mol. The number of carbonyl (C=O) groups is 2. The fourth-order valence-corrected chi connectivity index (χ4v) is 2.79. The van der Waals surface area contributed by atoms with Gasteiger partial charge in [0.15, 0.2) is 0 Å². The smallest absolute Gasteiger partial charge is 0.288 e. The lowest BCUT2D eigenvalue weighted by atomic mass is 10.1. The number of benzene rings is 2. The summed E-state index contributed by atoms with van der Waals surface area (Å²) in [5, 5.41) is 5.35. The summed E-state index contributed by atoms with van der Waals surface area (Å²) < 4.78 is 25.1. The summed E-state index contributed by atoms with van der Waals surface area (Å²) in [6.07, 6.45) is 0.0340. The molecule has 1 atom stereocenters. The van der Waals surface area contributed by atoms with Gasteiger partial charge in [0.2, 0.25) is 5.91 Å². The second kappa shape index (κ2) is 9.17. The van der Waals surface area contributed by atoms with Crippen molar-refractivity contribution >= 4 is 29.3 Å². The number of halogens is 2. The first-order chi connectivity index (χ1) is 12.0. The zero-order valence-electron chi connectivity index (χ0n) is 13.5. The number of amides is 2. The van der Waals surface area contributed by atoms with Gasteiger partial charge in [0, 0.05) is 22.9 Å². The van der Waals surface area contributed by atoms with Crippen molar-refractivity contribution in [1.82, 2.24) is 5.32 Å². The molecular formula is C18H18F2N2O2S. The highest BCUT2D eigenvalue weighted by molar-refractivity contribution is 7.99. The quantitative estimate of drug-likeness (QED) is 0.726. The van der Waals surface area contributed by atoms with Crippen LogP contribution in [0.15, 0.2) is 59.5 Å². The first kappa shape index (κ1) is 18.9. The lowest BCUT2D eigenvalue weighted by Crippen LogP contribution is -2.35. The molecule has 0 aliphatic rings. The molecule has 0 radical (unpaired) electrons. The van der Waals surface area contributed by atoms with Crippen molar-refractivity contribution in [3.05, 3.63) is 60.2 Å². The Bertz CT molecular complexity index is 726. The Balaban J connectivity index is 1.91. The van der Waals surface area contributed by atoms with E-state index < -0.39 is 11.8 Å². The molecule has 2 N–H and O–H groups in total. The topological polar surface area (TPSA) is 58.2 Å². The fourth-order valence-electron chi connectivity index (χ4n) is 2.20. The maximum atomic E-state index is 12.6. The number of nitrogens with one attached hydrogen (secondary N) is 2. The van der Waals surface area contributed by atoms with E-state index in [1.165, 1.54) is 6.07 Å². The highest BCUT2D eigenvalue weighted by Gasteiger charge is 2.15. The Hall–Kier alpha value is -2.41. The summed E-state index contributed by atoms with van der Waals surface area (Å²) in [7, 11) is 0. The first-order valence-electron chi connectivity index (χ1n) is 7.65. The predicted octanol–water partition coefficient (Wildman–Crippen LogP) is 4.15. The minimum absolute atomic E-state index is 0.0340. The van der Waals surface area contributed by atoms with Gasteiger partial charge in [0.1, 0.15) is 0 Å². The highest BCUT2D eigenvalue weighted by Crippen LogP contribution is 2.31. The van der Waals surface area contributed by atoms with E-state index in [1.807, 2.05) is 6.07 Å². The largest absolute Gasteiger partial charge is 0.349 e. The van der Waals surface area contributed by atoms with Crippen LogP contribution in [0, 0.1) is 0 Å². The molecule has 0 heterocycles. The minimum atomic E-state index is -2.57. The van der Waals surface area contributed by atoms with Gasteiger partial charge in [-0.25, -0.2) is 0 Å². The maximum Gasteiger partial charge on any atom is 0.288 e. The van der Waals surface area contributed by atoms with Crippen molar-refractivity contribution in [2.45, 2.75) is 30.0 Å². The Morgan fingerprint density at radius 2 is 1.68 bits per heavy atom. The van der Waals surface area contributed by atoms with Crippen LogP contribution in [-0.2, 0) is 4.79 Å². The molecule has 25 heavy (non-hydrogen) atoms. The van der Waals surface area contributed by atoms with Gasteiger partial charge < -0.3 is 10.6 Å². The molecule has 4 nitrogen and oxygen atoms in total. The van der Waals surface area contributed by atoms with Gasteiger partial charge in [-0.1, -0.05) is 42.1 Å². The van der Waals surface area contributed by atoms with E-state index in [2.05, 4.69) is 10.6 Å². The zero-order valence-corrected chi connectivity index (χ0v) is 14.4. The number of thioether (sulfide) groups is 1. The molecule has 0 bridgehead atoms. The Morgan fingerprint density at radius 1 is 1.04 bits per heavy atom. The maximum absolute atomic E-state index is 12.6. The van der Waals surface area contributed by atoms with Crippen molar-refractivity contribution in [3.8, 4) is 0 Å². The molecule has 0 aliphatic carbocycles. The van der Waals surface area contributed by atoms with E-state index in [0.717, 1.165) is 0 Å². The molecule has 0 fully saturated rings. The zero-order chi connectivity index (χ0) is 18.2. The van der Waals surface area contributed by atoms with E-state index in [4.69, 9.17) is 0 Å². The number of anilines is 1. The van der Waals surface area contributed by atoms with Crippen molar-refractivity contribution in [2.24, 2.45) is 0 Å². The molecule has 0 saturated heterocycles. The van der Waals surface area contributed by atoms with Gasteiger partial charge in [-0.05, 0) is 31.2 Å². The lowest BCUT2D eigenvalue weighted by molar-refractivity contribution is -0.116. The first-order valence-corrected chi connectivity index (χ1v) is 8.53. The lowest BCUT2D eigenvalue weighted by Gasteiger charge is -2.15. The van der Waals surface area contributed by atoms with E-state index in [-0.39, 0.29) is 18.2 Å². The van der Waals surface area contributed by atoms with E-state index >= 15 is 0 Å². The SMILES string of the molecule is CC(CC(=O)Nc1ccccc1SC(F)F)NC(=O)c1ccccc1. The summed E-state index contributed by atoms with van der Waals surface area (Å²) in [6, 6.07) is 14.6. The van der Waals surface area contributed by atoms with Gasteiger partial charge >= 0.3 is 0 Å². The van der Waals surface area contributed by atoms with Crippen molar-refractivity contribution < 1.29 is 18.4 Å². The molecule has 7 heteroatoms. The average Bonchev–Trinajstić information content (AvgIpc) is 2.56. The van der Waals surface area contributed by atoms with Crippen LogP contribution in [0.4, 0.5) is 14.5 Å². The van der Waals surface area contributed by atoms with Gasteiger partial charge in [0.25, 0.3) is 11.7 Å². The number of hydrogen-bond donors (Lipinski definition) is 2. The second-order valence-electron chi connectivity index (χ2n) is 5.37. The molecular weight excluding hydrogens is 346 g/mol. The van der Waals surface area contributed by atoms with E-state index in [0.29, 0.717) is 27.9 Å². The summed E-state index contributed by atoms with van der Waals surface area (Å²) in [5.41, 5.74) is 0.841. The normalized spacial score (nSPS) is 11.8. The molecule has 0 aliphatic heterocycles. The Morgan fingerprint density at radius 3 is 2.36 bits per heavy atom. The number of para-hydroxylation sites is 1. The van der Waals surface area contributed by atoms with Crippen LogP contribution in [0.2, 0.25) is 0 Å². The monoisotopic (exact) mass is 364 g/mol. The van der Waals surface area contributed by atoms with Crippen LogP contribution in [0.5, 0.6) is 0 Å². The second-order valence-corrected chi connectivity index (χ2v) is 6.40. The number of hydrogen-bond acceptors (Lipinski definition) is 3. The van der Waals surface area contributed by atoms with Crippen LogP contribution < -0.4 is 10.6 Å². The third kappa shape index (κ3) is 6.19. The molecule has 2 aromatic carbocycles. The van der Waals surface area contributed by atoms with Crippen molar-refractivity contribution in [2.75, 3.05) is 5.32 Å². The van der Waals surface area contributed by atoms with Gasteiger partial charge in [-0.3, -0.25) is 9.59 Å². The summed E-state index contributed by atoms with van der Waals surface area (Å²) >= 11 is 0.376. The molecule has 2 aromatic rings. The minimum Gasteiger partial charge on any atom is -0.349 e. The summed E-state index contributed by atoms with van der Waals surface area (Å²) in [6.45, 7) is 1.71. The molecule has 0 saturated carbocycles.